The first-order valence-corrected chi connectivity index (χ1v) is 7.33. The van der Waals surface area contributed by atoms with Crippen LogP contribution in [0, 0.1) is 0 Å². The molecule has 6 heteroatoms. The van der Waals surface area contributed by atoms with E-state index in [4.69, 9.17) is 16.3 Å². The molecule has 2 aromatic rings. The van der Waals surface area contributed by atoms with Gasteiger partial charge in [0.15, 0.2) is 0 Å². The summed E-state index contributed by atoms with van der Waals surface area (Å²) in [7, 11) is 1.27. The average Bonchev–Trinajstić information content (AvgIpc) is 2.57. The predicted molar refractivity (Wildman–Crippen MR) is 88.0 cm³/mol. The van der Waals surface area contributed by atoms with Crippen LogP contribution in [0.1, 0.15) is 16.8 Å². The van der Waals surface area contributed by atoms with E-state index in [9.17, 15) is 9.59 Å². The van der Waals surface area contributed by atoms with Gasteiger partial charge in [0.2, 0.25) is 5.91 Å². The van der Waals surface area contributed by atoms with Crippen LogP contribution in [-0.4, -0.2) is 25.6 Å². The van der Waals surface area contributed by atoms with Gasteiger partial charge in [-0.15, -0.1) is 0 Å². The van der Waals surface area contributed by atoms with Crippen molar-refractivity contribution in [3.63, 3.8) is 0 Å². The number of anilines is 1. The highest BCUT2D eigenvalue weighted by Crippen LogP contribution is 2.21. The second kappa shape index (κ2) is 8.19. The zero-order chi connectivity index (χ0) is 16.7. The van der Waals surface area contributed by atoms with Crippen molar-refractivity contribution in [2.75, 3.05) is 19.0 Å². The third kappa shape index (κ3) is 5.00. The van der Waals surface area contributed by atoms with Crippen LogP contribution in [0.3, 0.4) is 0 Å². The number of halogens is 1. The Kier molecular flexibility index (Phi) is 6.00. The summed E-state index contributed by atoms with van der Waals surface area (Å²) in [5.41, 5.74) is 0.673. The minimum Gasteiger partial charge on any atom is -0.493 e. The highest BCUT2D eigenvalue weighted by molar-refractivity contribution is 6.33. The van der Waals surface area contributed by atoms with Gasteiger partial charge in [-0.05, 0) is 30.3 Å². The zero-order valence-electron chi connectivity index (χ0n) is 12.5. The van der Waals surface area contributed by atoms with Gasteiger partial charge in [-0.3, -0.25) is 4.79 Å². The van der Waals surface area contributed by atoms with Crippen molar-refractivity contribution in [3.8, 4) is 5.75 Å². The van der Waals surface area contributed by atoms with E-state index in [2.05, 4.69) is 10.1 Å². The van der Waals surface area contributed by atoms with Crippen molar-refractivity contribution in [2.45, 2.75) is 6.42 Å². The second-order valence-electron chi connectivity index (χ2n) is 4.65. The molecule has 0 saturated carbocycles. The number of carbonyl (C=O) groups is 2. The maximum Gasteiger partial charge on any atom is 0.339 e. The van der Waals surface area contributed by atoms with Crippen LogP contribution in [-0.2, 0) is 9.53 Å². The Bertz CT molecular complexity index is 688. The first-order valence-electron chi connectivity index (χ1n) is 6.95. The molecule has 0 aliphatic rings. The molecule has 1 N–H and O–H groups in total. The number of esters is 1. The number of hydrogen-bond acceptors (Lipinski definition) is 4. The SMILES string of the molecule is COC(=O)c1cc(NC(=O)CCOc2ccccc2)ccc1Cl. The number of ether oxygens (including phenoxy) is 2. The molecule has 0 heterocycles. The maximum atomic E-state index is 11.9. The quantitative estimate of drug-likeness (QED) is 0.821. The summed E-state index contributed by atoms with van der Waals surface area (Å²) < 4.78 is 10.1. The number of benzene rings is 2. The Morgan fingerprint density at radius 3 is 2.57 bits per heavy atom. The van der Waals surface area contributed by atoms with Gasteiger partial charge >= 0.3 is 5.97 Å². The highest BCUT2D eigenvalue weighted by Gasteiger charge is 2.12. The molecule has 0 saturated heterocycles. The van der Waals surface area contributed by atoms with Crippen molar-refractivity contribution in [1.29, 1.82) is 0 Å². The molecule has 0 atom stereocenters. The number of methoxy groups -OCH3 is 1. The van der Waals surface area contributed by atoms with Gasteiger partial charge in [0.05, 0.1) is 30.7 Å². The topological polar surface area (TPSA) is 64.6 Å². The minimum absolute atomic E-state index is 0.186. The number of carbonyl (C=O) groups excluding carboxylic acids is 2. The van der Waals surface area contributed by atoms with E-state index >= 15 is 0 Å². The lowest BCUT2D eigenvalue weighted by molar-refractivity contribution is -0.116. The van der Waals surface area contributed by atoms with Crippen LogP contribution in [0.2, 0.25) is 5.02 Å². The van der Waals surface area contributed by atoms with Crippen molar-refractivity contribution < 1.29 is 19.1 Å². The molecular formula is C17H16ClNO4. The molecule has 0 radical (unpaired) electrons. The van der Waals surface area contributed by atoms with Gasteiger partial charge in [-0.1, -0.05) is 29.8 Å². The van der Waals surface area contributed by atoms with Gasteiger partial charge in [0.25, 0.3) is 0 Å². The van der Waals surface area contributed by atoms with Gasteiger partial charge in [-0.2, -0.15) is 0 Å². The van der Waals surface area contributed by atoms with Crippen molar-refractivity contribution >= 4 is 29.2 Å². The number of amides is 1. The smallest absolute Gasteiger partial charge is 0.339 e. The molecule has 120 valence electrons. The van der Waals surface area contributed by atoms with Gasteiger partial charge < -0.3 is 14.8 Å². The van der Waals surface area contributed by atoms with Gasteiger partial charge in [0, 0.05) is 5.69 Å². The molecule has 0 aromatic heterocycles. The zero-order valence-corrected chi connectivity index (χ0v) is 13.3. The summed E-state index contributed by atoms with van der Waals surface area (Å²) >= 11 is 5.92. The van der Waals surface area contributed by atoms with E-state index in [-0.39, 0.29) is 29.5 Å². The number of nitrogens with one attached hydrogen (secondary N) is 1. The Morgan fingerprint density at radius 1 is 1.13 bits per heavy atom. The van der Waals surface area contributed by atoms with Gasteiger partial charge in [-0.25, -0.2) is 4.79 Å². The molecule has 0 aliphatic heterocycles. The fraction of sp³-hybridized carbons (Fsp3) is 0.176. The third-order valence-electron chi connectivity index (χ3n) is 3.00. The summed E-state index contributed by atoms with van der Waals surface area (Å²) in [5.74, 6) is -0.0719. The second-order valence-corrected chi connectivity index (χ2v) is 5.05. The first kappa shape index (κ1) is 16.8. The summed E-state index contributed by atoms with van der Waals surface area (Å²) in [4.78, 5) is 23.5. The molecule has 2 rings (SSSR count). The molecular weight excluding hydrogens is 318 g/mol. The molecule has 2 aromatic carbocycles. The summed E-state index contributed by atoms with van der Waals surface area (Å²) in [6.45, 7) is 0.257. The maximum absolute atomic E-state index is 11.9. The van der Waals surface area contributed by atoms with Crippen LogP contribution in [0.4, 0.5) is 5.69 Å². The summed E-state index contributed by atoms with van der Waals surface area (Å²) in [5, 5.41) is 2.96. The van der Waals surface area contributed by atoms with E-state index in [0.29, 0.717) is 11.4 Å². The predicted octanol–water partition coefficient (Wildman–Crippen LogP) is 3.53. The van der Waals surface area contributed by atoms with Crippen LogP contribution < -0.4 is 10.1 Å². The molecule has 0 fully saturated rings. The molecule has 0 unspecified atom stereocenters. The molecule has 5 nitrogen and oxygen atoms in total. The third-order valence-corrected chi connectivity index (χ3v) is 3.33. The standard InChI is InChI=1S/C17H16ClNO4/c1-22-17(21)14-11-12(7-8-15(14)18)19-16(20)9-10-23-13-5-3-2-4-6-13/h2-8,11H,9-10H2,1H3,(H,19,20). The fourth-order valence-electron chi connectivity index (χ4n) is 1.87. The fourth-order valence-corrected chi connectivity index (χ4v) is 2.07. The molecule has 23 heavy (non-hydrogen) atoms. The Morgan fingerprint density at radius 2 is 1.87 bits per heavy atom. The molecule has 0 bridgehead atoms. The lowest BCUT2D eigenvalue weighted by Crippen LogP contribution is -2.15. The Balaban J connectivity index is 1.89. The van der Waals surface area contributed by atoms with Crippen molar-refractivity contribution in [2.24, 2.45) is 0 Å². The van der Waals surface area contributed by atoms with Crippen LogP contribution >= 0.6 is 11.6 Å². The van der Waals surface area contributed by atoms with Crippen molar-refractivity contribution in [1.82, 2.24) is 0 Å². The van der Waals surface area contributed by atoms with E-state index in [1.54, 1.807) is 6.07 Å². The van der Waals surface area contributed by atoms with E-state index < -0.39 is 5.97 Å². The lowest BCUT2D eigenvalue weighted by atomic mass is 10.2. The Hall–Kier alpha value is -2.53. The average molecular weight is 334 g/mol. The first-order chi connectivity index (χ1) is 11.1. The number of para-hydroxylation sites is 1. The van der Waals surface area contributed by atoms with Crippen molar-refractivity contribution in [3.05, 3.63) is 59.1 Å². The van der Waals surface area contributed by atoms with Crippen LogP contribution in [0.5, 0.6) is 5.75 Å². The van der Waals surface area contributed by atoms with E-state index in [1.165, 1.54) is 19.2 Å². The number of hydrogen-bond donors (Lipinski definition) is 1. The van der Waals surface area contributed by atoms with E-state index in [1.807, 2.05) is 30.3 Å². The molecule has 1 amide bonds. The van der Waals surface area contributed by atoms with E-state index in [0.717, 1.165) is 0 Å². The monoisotopic (exact) mass is 333 g/mol. The number of rotatable bonds is 6. The largest absolute Gasteiger partial charge is 0.493 e. The normalized spacial score (nSPS) is 10.0. The minimum atomic E-state index is -0.557. The lowest BCUT2D eigenvalue weighted by Gasteiger charge is -2.09. The Labute approximate surface area is 139 Å². The van der Waals surface area contributed by atoms with Crippen LogP contribution in [0.25, 0.3) is 0 Å². The summed E-state index contributed by atoms with van der Waals surface area (Å²) in [6, 6.07) is 13.9. The molecule has 0 aliphatic carbocycles. The summed E-state index contributed by atoms with van der Waals surface area (Å²) in [6.07, 6.45) is 0.186. The van der Waals surface area contributed by atoms with Crippen LogP contribution in [0.15, 0.2) is 48.5 Å². The highest BCUT2D eigenvalue weighted by atomic mass is 35.5. The van der Waals surface area contributed by atoms with Gasteiger partial charge in [0.1, 0.15) is 5.75 Å². The molecule has 0 spiro atoms.